The number of anilines is 2. The van der Waals surface area contributed by atoms with Gasteiger partial charge < -0.3 is 11.1 Å². The van der Waals surface area contributed by atoms with Crippen LogP contribution in [0.25, 0.3) is 0 Å². The number of halogens is 4. The van der Waals surface area contributed by atoms with E-state index in [1.807, 2.05) is 6.07 Å². The first-order chi connectivity index (χ1) is 9.75. The highest BCUT2D eigenvalue weighted by atomic mass is 35.5. The van der Waals surface area contributed by atoms with Gasteiger partial charge in [0.05, 0.1) is 5.56 Å². The summed E-state index contributed by atoms with van der Waals surface area (Å²) in [7, 11) is 0. The van der Waals surface area contributed by atoms with Crippen molar-refractivity contribution in [3.05, 3.63) is 52.5 Å². The van der Waals surface area contributed by atoms with Crippen LogP contribution in [-0.4, -0.2) is 4.98 Å². The van der Waals surface area contributed by atoms with E-state index < -0.39 is 11.7 Å². The number of pyridine rings is 1. The number of aromatic nitrogens is 1. The van der Waals surface area contributed by atoms with Crippen molar-refractivity contribution in [3.8, 4) is 0 Å². The molecule has 0 fully saturated rings. The highest BCUT2D eigenvalue weighted by Gasteiger charge is 2.31. The van der Waals surface area contributed by atoms with Gasteiger partial charge in [0.2, 0.25) is 0 Å². The zero-order valence-electron chi connectivity index (χ0n) is 11.1. The molecule has 1 atom stereocenters. The third-order valence-electron chi connectivity index (χ3n) is 2.89. The first-order valence-electron chi connectivity index (χ1n) is 6.12. The Hall–Kier alpha value is -1.95. The molecule has 1 unspecified atom stereocenters. The Balaban J connectivity index is 2.25. The van der Waals surface area contributed by atoms with E-state index in [0.29, 0.717) is 5.02 Å². The summed E-state index contributed by atoms with van der Waals surface area (Å²) in [5.41, 5.74) is 5.42. The van der Waals surface area contributed by atoms with Crippen LogP contribution in [0.4, 0.5) is 24.8 Å². The summed E-state index contributed by atoms with van der Waals surface area (Å²) < 4.78 is 38.2. The molecule has 1 aromatic carbocycles. The number of alkyl halides is 3. The topological polar surface area (TPSA) is 50.9 Å². The van der Waals surface area contributed by atoms with Crippen LogP contribution >= 0.6 is 11.6 Å². The lowest BCUT2D eigenvalue weighted by Gasteiger charge is -2.17. The predicted molar refractivity (Wildman–Crippen MR) is 77.1 cm³/mol. The predicted octanol–water partition coefficient (Wildman–Crippen LogP) is 4.51. The summed E-state index contributed by atoms with van der Waals surface area (Å²) in [6.07, 6.45) is -4.47. The molecule has 0 radical (unpaired) electrons. The van der Waals surface area contributed by atoms with Crippen molar-refractivity contribution in [2.75, 3.05) is 11.1 Å². The maximum absolute atomic E-state index is 12.7. The van der Waals surface area contributed by atoms with E-state index in [1.165, 1.54) is 0 Å². The summed E-state index contributed by atoms with van der Waals surface area (Å²) in [5.74, 6) is -0.125. The van der Waals surface area contributed by atoms with Gasteiger partial charge in [0.15, 0.2) is 0 Å². The molecule has 2 aromatic rings. The van der Waals surface area contributed by atoms with Crippen molar-refractivity contribution in [1.29, 1.82) is 0 Å². The number of hydrogen-bond donors (Lipinski definition) is 2. The van der Waals surface area contributed by atoms with Crippen LogP contribution in [0.5, 0.6) is 0 Å². The molecule has 21 heavy (non-hydrogen) atoms. The van der Waals surface area contributed by atoms with Gasteiger partial charge in [0, 0.05) is 11.1 Å². The molecule has 0 saturated heterocycles. The fourth-order valence-corrected chi connectivity index (χ4v) is 2.07. The lowest BCUT2D eigenvalue weighted by atomic mass is 10.1. The highest BCUT2D eigenvalue weighted by Crippen LogP contribution is 2.32. The fourth-order valence-electron chi connectivity index (χ4n) is 1.87. The molecule has 3 nitrogen and oxygen atoms in total. The van der Waals surface area contributed by atoms with Crippen molar-refractivity contribution in [3.63, 3.8) is 0 Å². The third-order valence-corrected chi connectivity index (χ3v) is 3.12. The van der Waals surface area contributed by atoms with Gasteiger partial charge in [0.1, 0.15) is 11.6 Å². The molecule has 2 rings (SSSR count). The van der Waals surface area contributed by atoms with Crippen molar-refractivity contribution in [2.45, 2.75) is 19.1 Å². The molecule has 0 spiro atoms. The van der Waals surface area contributed by atoms with Crippen LogP contribution in [-0.2, 0) is 6.18 Å². The Morgan fingerprint density at radius 3 is 2.57 bits per heavy atom. The van der Waals surface area contributed by atoms with Gasteiger partial charge in [-0.1, -0.05) is 23.7 Å². The van der Waals surface area contributed by atoms with Crippen LogP contribution < -0.4 is 11.1 Å². The molecule has 0 aliphatic carbocycles. The molecular weight excluding hydrogens is 303 g/mol. The molecule has 1 aromatic heterocycles. The second-order valence-electron chi connectivity index (χ2n) is 4.58. The lowest BCUT2D eigenvalue weighted by molar-refractivity contribution is -0.137. The van der Waals surface area contributed by atoms with Gasteiger partial charge in [-0.05, 0) is 36.8 Å². The van der Waals surface area contributed by atoms with E-state index in [2.05, 4.69) is 10.3 Å². The number of rotatable bonds is 3. The first-order valence-corrected chi connectivity index (χ1v) is 6.50. The van der Waals surface area contributed by atoms with Gasteiger partial charge >= 0.3 is 6.18 Å². The van der Waals surface area contributed by atoms with Crippen LogP contribution in [0.3, 0.4) is 0 Å². The Morgan fingerprint density at radius 1 is 1.24 bits per heavy atom. The SMILES string of the molecule is CC(Nc1cc(C(F)(F)F)cc(N)n1)c1cccc(Cl)c1. The summed E-state index contributed by atoms with van der Waals surface area (Å²) >= 11 is 5.89. The maximum Gasteiger partial charge on any atom is 0.416 e. The Bertz CT molecular complexity index is 644. The summed E-state index contributed by atoms with van der Waals surface area (Å²) in [6, 6.07) is 8.50. The molecule has 0 aliphatic rings. The third kappa shape index (κ3) is 4.01. The van der Waals surface area contributed by atoms with Crippen molar-refractivity contribution in [1.82, 2.24) is 4.98 Å². The number of hydrogen-bond acceptors (Lipinski definition) is 3. The Morgan fingerprint density at radius 2 is 1.95 bits per heavy atom. The number of nitrogens with two attached hydrogens (primary N) is 1. The zero-order valence-corrected chi connectivity index (χ0v) is 11.8. The van der Waals surface area contributed by atoms with Crippen molar-refractivity contribution in [2.24, 2.45) is 0 Å². The smallest absolute Gasteiger partial charge is 0.384 e. The lowest BCUT2D eigenvalue weighted by Crippen LogP contribution is -2.12. The molecule has 0 saturated carbocycles. The normalized spacial score (nSPS) is 13.0. The molecule has 7 heteroatoms. The number of nitrogens with zero attached hydrogens (tertiary/aromatic N) is 1. The highest BCUT2D eigenvalue weighted by molar-refractivity contribution is 6.30. The summed E-state index contributed by atoms with van der Waals surface area (Å²) in [4.78, 5) is 3.87. The molecule has 3 N–H and O–H groups in total. The minimum atomic E-state index is -4.47. The van der Waals surface area contributed by atoms with E-state index in [4.69, 9.17) is 17.3 Å². The molecule has 0 amide bonds. The zero-order chi connectivity index (χ0) is 15.6. The largest absolute Gasteiger partial charge is 0.416 e. The second-order valence-corrected chi connectivity index (χ2v) is 5.02. The van der Waals surface area contributed by atoms with Crippen LogP contribution in [0.1, 0.15) is 24.1 Å². The molecule has 1 heterocycles. The van der Waals surface area contributed by atoms with Gasteiger partial charge in [0.25, 0.3) is 0 Å². The van der Waals surface area contributed by atoms with Crippen molar-refractivity contribution >= 4 is 23.2 Å². The monoisotopic (exact) mass is 315 g/mol. The second kappa shape index (κ2) is 5.81. The van der Waals surface area contributed by atoms with Gasteiger partial charge in [-0.25, -0.2) is 4.98 Å². The standard InChI is InChI=1S/C14H13ClF3N3/c1-8(9-3-2-4-11(15)5-9)20-13-7-10(14(16,17)18)6-12(19)21-13/h2-8H,1H3,(H3,19,20,21). The quantitative estimate of drug-likeness (QED) is 0.876. The van der Waals surface area contributed by atoms with E-state index in [9.17, 15) is 13.2 Å². The molecule has 112 valence electrons. The molecule has 0 aliphatic heterocycles. The number of benzene rings is 1. The number of nitrogens with one attached hydrogen (secondary N) is 1. The van der Waals surface area contributed by atoms with Crippen LogP contribution in [0.15, 0.2) is 36.4 Å². The van der Waals surface area contributed by atoms with E-state index in [0.717, 1.165) is 17.7 Å². The molecule has 0 bridgehead atoms. The minimum Gasteiger partial charge on any atom is -0.384 e. The van der Waals surface area contributed by atoms with E-state index in [-0.39, 0.29) is 17.7 Å². The van der Waals surface area contributed by atoms with E-state index in [1.54, 1.807) is 25.1 Å². The average molecular weight is 316 g/mol. The van der Waals surface area contributed by atoms with E-state index >= 15 is 0 Å². The average Bonchev–Trinajstić information content (AvgIpc) is 2.37. The minimum absolute atomic E-state index is 0.0646. The Labute approximate surface area is 124 Å². The summed E-state index contributed by atoms with van der Waals surface area (Å²) in [6.45, 7) is 1.80. The van der Waals surface area contributed by atoms with Crippen LogP contribution in [0, 0.1) is 0 Å². The van der Waals surface area contributed by atoms with Gasteiger partial charge in [-0.3, -0.25) is 0 Å². The maximum atomic E-state index is 12.7. The molecular formula is C14H13ClF3N3. The van der Waals surface area contributed by atoms with Gasteiger partial charge in [-0.15, -0.1) is 0 Å². The van der Waals surface area contributed by atoms with Crippen LogP contribution in [0.2, 0.25) is 5.02 Å². The fraction of sp³-hybridized carbons (Fsp3) is 0.214. The van der Waals surface area contributed by atoms with Gasteiger partial charge in [-0.2, -0.15) is 13.2 Å². The summed E-state index contributed by atoms with van der Waals surface area (Å²) in [5, 5.41) is 3.44. The Kier molecular flexibility index (Phi) is 4.27. The van der Waals surface area contributed by atoms with Crippen molar-refractivity contribution < 1.29 is 13.2 Å². The first kappa shape index (κ1) is 15.4. The number of nitrogen functional groups attached to an aromatic ring is 1.